The molecule has 2 saturated heterocycles. The Morgan fingerprint density at radius 2 is 1.95 bits per heavy atom. The lowest BCUT2D eigenvalue weighted by molar-refractivity contribution is 0.0941. The van der Waals surface area contributed by atoms with Gasteiger partial charge in [0.1, 0.15) is 11.9 Å². The molecule has 4 heteroatoms. The van der Waals surface area contributed by atoms with Gasteiger partial charge in [-0.2, -0.15) is 0 Å². The molecule has 2 nitrogen and oxygen atoms in total. The summed E-state index contributed by atoms with van der Waals surface area (Å²) in [5.41, 5.74) is 0. The minimum atomic E-state index is 0.345. The van der Waals surface area contributed by atoms with Crippen molar-refractivity contribution in [1.82, 2.24) is 5.32 Å². The van der Waals surface area contributed by atoms with E-state index < -0.39 is 0 Å². The van der Waals surface area contributed by atoms with Gasteiger partial charge in [0.15, 0.2) is 0 Å². The minimum Gasteiger partial charge on any atom is -0.489 e. The molecule has 2 bridgehead atoms. The Hall–Kier alpha value is -0.770. The quantitative estimate of drug-likeness (QED) is 0.875. The molecule has 0 amide bonds. The van der Waals surface area contributed by atoms with E-state index in [1.165, 1.54) is 24.0 Å². The van der Waals surface area contributed by atoms with Crippen LogP contribution in [0.1, 0.15) is 32.1 Å². The first-order valence-electron chi connectivity index (χ1n) is 7.38. The number of hydrogen-bond donors (Lipinski definition) is 1. The van der Waals surface area contributed by atoms with Crippen molar-refractivity contribution >= 4 is 33.0 Å². The van der Waals surface area contributed by atoms with Crippen LogP contribution < -0.4 is 10.1 Å². The lowest BCUT2D eigenvalue weighted by Gasteiger charge is -2.40. The summed E-state index contributed by atoms with van der Waals surface area (Å²) < 4.78 is 7.51. The fourth-order valence-corrected chi connectivity index (χ4v) is 4.74. The molecule has 2 aliphatic rings. The fraction of sp³-hybridized carbons (Fsp3) is 0.500. The van der Waals surface area contributed by atoms with E-state index in [9.17, 15) is 0 Å². The van der Waals surface area contributed by atoms with Crippen molar-refractivity contribution in [3.8, 4) is 5.75 Å². The SMILES string of the molecule is Clc1ccc(OC2C[C@H]3CCC[C@@H](C2)N3)c2sccc12. The summed E-state index contributed by atoms with van der Waals surface area (Å²) >= 11 is 7.95. The van der Waals surface area contributed by atoms with Crippen molar-refractivity contribution in [1.29, 1.82) is 0 Å². The third-order valence-corrected chi connectivity index (χ3v) is 5.75. The minimum absolute atomic E-state index is 0.345. The molecule has 1 aromatic heterocycles. The molecule has 1 unspecified atom stereocenters. The van der Waals surface area contributed by atoms with Crippen LogP contribution in [0.4, 0.5) is 0 Å². The van der Waals surface area contributed by atoms with E-state index in [4.69, 9.17) is 16.3 Å². The Bertz CT molecular complexity index is 614. The van der Waals surface area contributed by atoms with Gasteiger partial charge in [0.25, 0.3) is 0 Å². The highest BCUT2D eigenvalue weighted by atomic mass is 35.5. The van der Waals surface area contributed by atoms with E-state index in [0.29, 0.717) is 18.2 Å². The zero-order chi connectivity index (χ0) is 13.5. The predicted octanol–water partition coefficient (Wildman–Crippen LogP) is 4.61. The summed E-state index contributed by atoms with van der Waals surface area (Å²) in [7, 11) is 0. The molecule has 0 aliphatic carbocycles. The van der Waals surface area contributed by atoms with Crippen LogP contribution in [0.3, 0.4) is 0 Å². The van der Waals surface area contributed by atoms with Gasteiger partial charge in [-0.05, 0) is 49.3 Å². The number of thiophene rings is 1. The second-order valence-electron chi connectivity index (χ2n) is 5.91. The van der Waals surface area contributed by atoms with Crippen molar-refractivity contribution < 1.29 is 4.74 Å². The third kappa shape index (κ3) is 2.32. The van der Waals surface area contributed by atoms with Crippen molar-refractivity contribution in [3.05, 3.63) is 28.6 Å². The summed E-state index contributed by atoms with van der Waals surface area (Å²) in [6, 6.07) is 7.36. The first kappa shape index (κ1) is 12.9. The zero-order valence-corrected chi connectivity index (χ0v) is 12.8. The van der Waals surface area contributed by atoms with Crippen LogP contribution in [0.2, 0.25) is 5.02 Å². The normalized spacial score (nSPS) is 29.6. The second-order valence-corrected chi connectivity index (χ2v) is 7.23. The Balaban J connectivity index is 1.58. The smallest absolute Gasteiger partial charge is 0.137 e. The van der Waals surface area contributed by atoms with E-state index in [1.54, 1.807) is 11.3 Å². The standard InChI is InChI=1S/C16H18ClNOS/c17-14-4-5-15(16-13(14)6-7-20-16)19-12-8-10-2-1-3-11(9-12)18-10/h4-7,10-12,18H,1-3,8-9H2/t10-,11+,12?. The lowest BCUT2D eigenvalue weighted by Crippen LogP contribution is -2.51. The lowest BCUT2D eigenvalue weighted by atomic mass is 9.85. The third-order valence-electron chi connectivity index (χ3n) is 4.49. The maximum absolute atomic E-state index is 6.33. The van der Waals surface area contributed by atoms with Gasteiger partial charge >= 0.3 is 0 Å². The van der Waals surface area contributed by atoms with Crippen molar-refractivity contribution in [2.24, 2.45) is 0 Å². The van der Waals surface area contributed by atoms with E-state index >= 15 is 0 Å². The highest BCUT2D eigenvalue weighted by molar-refractivity contribution is 7.17. The van der Waals surface area contributed by atoms with Crippen LogP contribution in [-0.2, 0) is 0 Å². The molecule has 106 valence electrons. The fourth-order valence-electron chi connectivity index (χ4n) is 3.58. The van der Waals surface area contributed by atoms with Gasteiger partial charge in [-0.3, -0.25) is 0 Å². The molecular weight excluding hydrogens is 290 g/mol. The molecule has 20 heavy (non-hydrogen) atoms. The monoisotopic (exact) mass is 307 g/mol. The number of benzene rings is 1. The molecule has 0 spiro atoms. The molecule has 1 N–H and O–H groups in total. The summed E-state index contributed by atoms with van der Waals surface area (Å²) in [4.78, 5) is 0. The van der Waals surface area contributed by atoms with Gasteiger partial charge in [0.05, 0.1) is 4.70 Å². The first-order valence-corrected chi connectivity index (χ1v) is 8.64. The molecule has 2 fully saturated rings. The van der Waals surface area contributed by atoms with Crippen LogP contribution >= 0.6 is 22.9 Å². The molecule has 0 saturated carbocycles. The number of ether oxygens (including phenoxy) is 1. The Morgan fingerprint density at radius 3 is 2.75 bits per heavy atom. The van der Waals surface area contributed by atoms with Gasteiger partial charge in [0, 0.05) is 22.5 Å². The van der Waals surface area contributed by atoms with Gasteiger partial charge < -0.3 is 10.1 Å². The Morgan fingerprint density at radius 1 is 1.15 bits per heavy atom. The number of fused-ring (bicyclic) bond motifs is 3. The number of rotatable bonds is 2. The van der Waals surface area contributed by atoms with Crippen LogP contribution in [0.5, 0.6) is 5.75 Å². The highest BCUT2D eigenvalue weighted by Gasteiger charge is 2.32. The van der Waals surface area contributed by atoms with Crippen LogP contribution in [-0.4, -0.2) is 18.2 Å². The number of hydrogen-bond acceptors (Lipinski definition) is 3. The van der Waals surface area contributed by atoms with Crippen molar-refractivity contribution in [2.75, 3.05) is 0 Å². The summed E-state index contributed by atoms with van der Waals surface area (Å²) in [5, 5.41) is 7.72. The predicted molar refractivity (Wildman–Crippen MR) is 85.0 cm³/mol. The Labute approximate surface area is 128 Å². The molecule has 2 aliphatic heterocycles. The Kier molecular flexibility index (Phi) is 3.37. The average Bonchev–Trinajstić information content (AvgIpc) is 2.92. The summed E-state index contributed by atoms with van der Waals surface area (Å²) in [6.07, 6.45) is 6.57. The molecular formula is C16H18ClNOS. The maximum Gasteiger partial charge on any atom is 0.137 e. The average molecular weight is 308 g/mol. The molecule has 0 radical (unpaired) electrons. The van der Waals surface area contributed by atoms with Crippen molar-refractivity contribution in [2.45, 2.75) is 50.3 Å². The zero-order valence-electron chi connectivity index (χ0n) is 11.3. The van der Waals surface area contributed by atoms with E-state index in [0.717, 1.165) is 29.0 Å². The van der Waals surface area contributed by atoms with Crippen LogP contribution in [0.25, 0.3) is 10.1 Å². The molecule has 2 aromatic rings. The van der Waals surface area contributed by atoms with Gasteiger partial charge in [-0.25, -0.2) is 0 Å². The highest BCUT2D eigenvalue weighted by Crippen LogP contribution is 2.37. The molecule has 4 rings (SSSR count). The largest absolute Gasteiger partial charge is 0.489 e. The number of piperidine rings is 2. The van der Waals surface area contributed by atoms with Crippen molar-refractivity contribution in [3.63, 3.8) is 0 Å². The van der Waals surface area contributed by atoms with Crippen LogP contribution in [0, 0.1) is 0 Å². The van der Waals surface area contributed by atoms with E-state index in [-0.39, 0.29) is 0 Å². The summed E-state index contributed by atoms with van der Waals surface area (Å²) in [6.45, 7) is 0. The van der Waals surface area contributed by atoms with Gasteiger partial charge in [-0.15, -0.1) is 11.3 Å². The summed E-state index contributed by atoms with van der Waals surface area (Å²) in [5.74, 6) is 1.00. The van der Waals surface area contributed by atoms with Crippen LogP contribution in [0.15, 0.2) is 23.6 Å². The second kappa shape index (κ2) is 5.21. The van der Waals surface area contributed by atoms with E-state index in [2.05, 4.69) is 16.8 Å². The molecule has 1 aromatic carbocycles. The first-order chi connectivity index (χ1) is 9.79. The van der Waals surface area contributed by atoms with Gasteiger partial charge in [-0.1, -0.05) is 18.0 Å². The van der Waals surface area contributed by atoms with Gasteiger partial charge in [0.2, 0.25) is 0 Å². The molecule has 3 heterocycles. The number of nitrogens with one attached hydrogen (secondary N) is 1. The maximum atomic E-state index is 6.33. The topological polar surface area (TPSA) is 21.3 Å². The van der Waals surface area contributed by atoms with E-state index in [1.807, 2.05) is 12.1 Å². The number of halogens is 1. The molecule has 3 atom stereocenters.